The Kier molecular flexibility index (Phi) is 4.77. The number of ether oxygens (including phenoxy) is 1. The Balaban J connectivity index is 2.78. The summed E-state index contributed by atoms with van der Waals surface area (Å²) in [7, 11) is -1.72. The maximum atomic E-state index is 12.9. The van der Waals surface area contributed by atoms with Crippen molar-refractivity contribution in [2.45, 2.75) is 20.3 Å². The average molecular weight is 226 g/mol. The zero-order chi connectivity index (χ0) is 12.1. The van der Waals surface area contributed by atoms with Gasteiger partial charge in [0, 0.05) is 5.46 Å². The van der Waals surface area contributed by atoms with Crippen LogP contribution in [0.5, 0.6) is 5.75 Å². The van der Waals surface area contributed by atoms with Gasteiger partial charge in [-0.05, 0) is 24.1 Å². The number of hydrogen-bond donors (Lipinski definition) is 2. The number of hydrogen-bond acceptors (Lipinski definition) is 3. The molecule has 0 saturated heterocycles. The predicted molar refractivity (Wildman–Crippen MR) is 61.2 cm³/mol. The van der Waals surface area contributed by atoms with Crippen LogP contribution in [0.3, 0.4) is 0 Å². The fourth-order valence-corrected chi connectivity index (χ4v) is 1.20. The molecule has 1 rings (SSSR count). The van der Waals surface area contributed by atoms with Crippen LogP contribution in [0, 0.1) is 11.7 Å². The molecule has 1 aromatic carbocycles. The maximum Gasteiger partial charge on any atom is 0.492 e. The highest BCUT2D eigenvalue weighted by molar-refractivity contribution is 6.59. The normalized spacial score (nSPS) is 12.3. The van der Waals surface area contributed by atoms with E-state index in [4.69, 9.17) is 14.8 Å². The third kappa shape index (κ3) is 3.50. The highest BCUT2D eigenvalue weighted by atomic mass is 19.1. The summed E-state index contributed by atoms with van der Waals surface area (Å²) in [5.41, 5.74) is 0.0586. The van der Waals surface area contributed by atoms with Crippen molar-refractivity contribution in [2.75, 3.05) is 6.61 Å². The van der Waals surface area contributed by atoms with E-state index in [1.807, 2.05) is 13.8 Å². The van der Waals surface area contributed by atoms with Crippen molar-refractivity contribution in [1.82, 2.24) is 0 Å². The first kappa shape index (κ1) is 13.0. The molecule has 88 valence electrons. The van der Waals surface area contributed by atoms with E-state index < -0.39 is 12.9 Å². The molecule has 0 radical (unpaired) electrons. The van der Waals surface area contributed by atoms with E-state index in [1.165, 1.54) is 12.1 Å². The number of halogens is 1. The Labute approximate surface area is 95.0 Å². The van der Waals surface area contributed by atoms with Crippen LogP contribution in [0.1, 0.15) is 20.3 Å². The lowest BCUT2D eigenvalue weighted by Gasteiger charge is -2.14. The summed E-state index contributed by atoms with van der Waals surface area (Å²) in [6.45, 7) is 4.54. The summed E-state index contributed by atoms with van der Waals surface area (Å²) in [6, 6.07) is 3.71. The van der Waals surface area contributed by atoms with Gasteiger partial charge in [-0.2, -0.15) is 0 Å². The lowest BCUT2D eigenvalue weighted by atomic mass is 9.79. The highest BCUT2D eigenvalue weighted by Crippen LogP contribution is 2.12. The molecule has 0 saturated carbocycles. The molecule has 3 nitrogen and oxygen atoms in total. The quantitative estimate of drug-likeness (QED) is 0.734. The van der Waals surface area contributed by atoms with E-state index in [2.05, 4.69) is 0 Å². The van der Waals surface area contributed by atoms with Gasteiger partial charge in [0.25, 0.3) is 0 Å². The van der Waals surface area contributed by atoms with Crippen LogP contribution < -0.4 is 10.2 Å². The summed E-state index contributed by atoms with van der Waals surface area (Å²) < 4.78 is 18.3. The van der Waals surface area contributed by atoms with E-state index >= 15 is 0 Å². The highest BCUT2D eigenvalue weighted by Gasteiger charge is 2.18. The van der Waals surface area contributed by atoms with Gasteiger partial charge in [0.2, 0.25) is 0 Å². The van der Waals surface area contributed by atoms with Gasteiger partial charge in [0.05, 0.1) is 6.61 Å². The van der Waals surface area contributed by atoms with E-state index in [0.717, 1.165) is 12.5 Å². The molecule has 0 aliphatic carbocycles. The molecule has 0 aliphatic heterocycles. The fraction of sp³-hybridized carbons (Fsp3) is 0.455. The Morgan fingerprint density at radius 2 is 2.12 bits per heavy atom. The van der Waals surface area contributed by atoms with Gasteiger partial charge in [-0.25, -0.2) is 4.39 Å². The van der Waals surface area contributed by atoms with Crippen LogP contribution >= 0.6 is 0 Å². The van der Waals surface area contributed by atoms with Gasteiger partial charge in [0.15, 0.2) is 0 Å². The molecular weight excluding hydrogens is 210 g/mol. The Morgan fingerprint density at radius 1 is 1.44 bits per heavy atom. The standard InChI is InChI=1S/C11H16BFO3/c1-3-8(2)7-16-11-5-4-9(13)6-10(11)12(14)15/h4-6,8,14-15H,3,7H2,1-2H3. The van der Waals surface area contributed by atoms with Gasteiger partial charge < -0.3 is 14.8 Å². The molecule has 16 heavy (non-hydrogen) atoms. The third-order valence-corrected chi connectivity index (χ3v) is 2.47. The van der Waals surface area contributed by atoms with E-state index in [1.54, 1.807) is 0 Å². The summed E-state index contributed by atoms with van der Waals surface area (Å²) in [5.74, 6) is 0.171. The average Bonchev–Trinajstić information content (AvgIpc) is 2.26. The zero-order valence-corrected chi connectivity index (χ0v) is 9.48. The van der Waals surface area contributed by atoms with E-state index in [9.17, 15) is 4.39 Å². The van der Waals surface area contributed by atoms with E-state index in [0.29, 0.717) is 18.3 Å². The van der Waals surface area contributed by atoms with Crippen molar-refractivity contribution in [3.8, 4) is 5.75 Å². The second-order valence-corrected chi connectivity index (χ2v) is 3.88. The summed E-state index contributed by atoms with van der Waals surface area (Å²) >= 11 is 0. The second kappa shape index (κ2) is 5.87. The first-order valence-corrected chi connectivity index (χ1v) is 5.33. The molecule has 0 bridgehead atoms. The molecule has 0 aromatic heterocycles. The third-order valence-electron chi connectivity index (χ3n) is 2.47. The maximum absolute atomic E-state index is 12.9. The SMILES string of the molecule is CCC(C)COc1ccc(F)cc1B(O)O. The largest absolute Gasteiger partial charge is 0.494 e. The van der Waals surface area contributed by atoms with Crippen LogP contribution in [0.15, 0.2) is 18.2 Å². The molecule has 1 atom stereocenters. The Bertz CT molecular complexity index is 344. The minimum absolute atomic E-state index is 0.0586. The van der Waals surface area contributed by atoms with Crippen LogP contribution in [-0.4, -0.2) is 23.8 Å². The molecule has 1 aromatic rings. The van der Waals surface area contributed by atoms with Crippen LogP contribution in [-0.2, 0) is 0 Å². The molecule has 0 spiro atoms. The molecule has 5 heteroatoms. The summed E-state index contributed by atoms with van der Waals surface area (Å²) in [5, 5.41) is 18.1. The van der Waals surface area contributed by atoms with Crippen molar-refractivity contribution in [2.24, 2.45) is 5.92 Å². The van der Waals surface area contributed by atoms with Gasteiger partial charge in [0.1, 0.15) is 11.6 Å². The number of rotatable bonds is 5. The lowest BCUT2D eigenvalue weighted by Crippen LogP contribution is -2.32. The summed E-state index contributed by atoms with van der Waals surface area (Å²) in [6.07, 6.45) is 0.970. The van der Waals surface area contributed by atoms with Crippen molar-refractivity contribution in [3.63, 3.8) is 0 Å². The van der Waals surface area contributed by atoms with Crippen molar-refractivity contribution < 1.29 is 19.2 Å². The van der Waals surface area contributed by atoms with Crippen LogP contribution in [0.2, 0.25) is 0 Å². The molecule has 0 fully saturated rings. The van der Waals surface area contributed by atoms with Crippen molar-refractivity contribution >= 4 is 12.6 Å². The van der Waals surface area contributed by atoms with Crippen molar-refractivity contribution in [3.05, 3.63) is 24.0 Å². The molecule has 0 amide bonds. The smallest absolute Gasteiger partial charge is 0.492 e. The zero-order valence-electron chi connectivity index (χ0n) is 9.48. The minimum Gasteiger partial charge on any atom is -0.494 e. The van der Waals surface area contributed by atoms with Gasteiger partial charge in [-0.3, -0.25) is 0 Å². The Morgan fingerprint density at radius 3 is 2.69 bits per heavy atom. The van der Waals surface area contributed by atoms with Gasteiger partial charge in [-0.15, -0.1) is 0 Å². The minimum atomic E-state index is -1.72. The Hall–Kier alpha value is -1.07. The van der Waals surface area contributed by atoms with Gasteiger partial charge in [-0.1, -0.05) is 20.3 Å². The molecule has 1 unspecified atom stereocenters. The van der Waals surface area contributed by atoms with Crippen LogP contribution in [0.4, 0.5) is 4.39 Å². The first-order valence-electron chi connectivity index (χ1n) is 5.33. The molecular formula is C11H16BFO3. The monoisotopic (exact) mass is 226 g/mol. The van der Waals surface area contributed by atoms with Gasteiger partial charge >= 0.3 is 7.12 Å². The molecule has 0 aliphatic rings. The first-order chi connectivity index (χ1) is 7.54. The summed E-state index contributed by atoms with van der Waals surface area (Å²) in [4.78, 5) is 0. The number of benzene rings is 1. The molecule has 2 N–H and O–H groups in total. The molecule has 0 heterocycles. The lowest BCUT2D eigenvalue weighted by molar-refractivity contribution is 0.257. The van der Waals surface area contributed by atoms with Crippen molar-refractivity contribution in [1.29, 1.82) is 0 Å². The van der Waals surface area contributed by atoms with Crippen LogP contribution in [0.25, 0.3) is 0 Å². The predicted octanol–water partition coefficient (Wildman–Crippen LogP) is 0.930. The van der Waals surface area contributed by atoms with E-state index in [-0.39, 0.29) is 5.46 Å². The topological polar surface area (TPSA) is 49.7 Å². The fourth-order valence-electron chi connectivity index (χ4n) is 1.20. The second-order valence-electron chi connectivity index (χ2n) is 3.88.